The van der Waals surface area contributed by atoms with E-state index in [2.05, 4.69) is 37.4 Å². The van der Waals surface area contributed by atoms with Gasteiger partial charge in [0.1, 0.15) is 17.4 Å². The van der Waals surface area contributed by atoms with Crippen LogP contribution in [0.1, 0.15) is 64.1 Å². The summed E-state index contributed by atoms with van der Waals surface area (Å²) in [5, 5.41) is 9.59. The van der Waals surface area contributed by atoms with Crippen LogP contribution in [0.25, 0.3) is 0 Å². The largest absolute Gasteiger partial charge is 0.496 e. The van der Waals surface area contributed by atoms with Crippen LogP contribution >= 0.6 is 0 Å². The first-order chi connectivity index (χ1) is 20.9. The molecule has 5 rings (SSSR count). The SMILES string of the molecule is C=CN(c1ccc(C(=O)NC(C)c2ccc(N3CCNCC3)nc2)cn1)C1CCC(NC(=O)c2cccc(OC)c2C)C1. The van der Waals surface area contributed by atoms with E-state index in [-0.39, 0.29) is 29.9 Å². The first-order valence-corrected chi connectivity index (χ1v) is 14.9. The summed E-state index contributed by atoms with van der Waals surface area (Å²) in [4.78, 5) is 39.5. The van der Waals surface area contributed by atoms with E-state index in [0.29, 0.717) is 22.7 Å². The van der Waals surface area contributed by atoms with E-state index in [1.165, 1.54) is 0 Å². The van der Waals surface area contributed by atoms with Crippen molar-refractivity contribution in [3.8, 4) is 5.75 Å². The predicted octanol–water partition coefficient (Wildman–Crippen LogP) is 4.00. The van der Waals surface area contributed by atoms with Crippen LogP contribution in [0.15, 0.2) is 67.6 Å². The van der Waals surface area contributed by atoms with Crippen LogP contribution in [0.3, 0.4) is 0 Å². The minimum absolute atomic E-state index is 0.0394. The van der Waals surface area contributed by atoms with Crippen LogP contribution in [0.4, 0.5) is 11.6 Å². The van der Waals surface area contributed by atoms with E-state index in [1.54, 1.807) is 25.6 Å². The van der Waals surface area contributed by atoms with E-state index in [4.69, 9.17) is 4.74 Å². The summed E-state index contributed by atoms with van der Waals surface area (Å²) in [5.41, 5.74) is 2.87. The highest BCUT2D eigenvalue weighted by molar-refractivity contribution is 5.96. The first kappa shape index (κ1) is 30.0. The third-order valence-corrected chi connectivity index (χ3v) is 8.41. The molecule has 226 valence electrons. The van der Waals surface area contributed by atoms with E-state index >= 15 is 0 Å². The van der Waals surface area contributed by atoms with E-state index in [0.717, 1.165) is 62.4 Å². The molecule has 1 aliphatic heterocycles. The molecule has 3 heterocycles. The van der Waals surface area contributed by atoms with Gasteiger partial charge in [0, 0.05) is 61.8 Å². The number of carbonyl (C=O) groups is 2. The summed E-state index contributed by atoms with van der Waals surface area (Å²) in [5.74, 6) is 2.08. The number of anilines is 2. The number of nitrogens with one attached hydrogen (secondary N) is 3. The molecule has 1 saturated carbocycles. The lowest BCUT2D eigenvalue weighted by atomic mass is 10.1. The second-order valence-electron chi connectivity index (χ2n) is 11.1. The Kier molecular flexibility index (Phi) is 9.56. The molecule has 43 heavy (non-hydrogen) atoms. The fourth-order valence-corrected chi connectivity index (χ4v) is 5.89. The maximum atomic E-state index is 13.0. The summed E-state index contributed by atoms with van der Waals surface area (Å²) in [7, 11) is 1.61. The van der Waals surface area contributed by atoms with Gasteiger partial charge in [0.2, 0.25) is 0 Å². The lowest BCUT2D eigenvalue weighted by Gasteiger charge is -2.28. The quantitative estimate of drug-likeness (QED) is 0.329. The first-order valence-electron chi connectivity index (χ1n) is 14.9. The van der Waals surface area contributed by atoms with Crippen molar-refractivity contribution in [2.45, 2.75) is 51.2 Å². The minimum Gasteiger partial charge on any atom is -0.496 e. The van der Waals surface area contributed by atoms with Gasteiger partial charge in [0.15, 0.2) is 0 Å². The Morgan fingerprint density at radius 1 is 1.09 bits per heavy atom. The van der Waals surface area contributed by atoms with Gasteiger partial charge < -0.3 is 30.5 Å². The molecular formula is C33H41N7O3. The topological polar surface area (TPSA) is 112 Å². The fourth-order valence-electron chi connectivity index (χ4n) is 5.89. The third-order valence-electron chi connectivity index (χ3n) is 8.41. The molecule has 3 aromatic rings. The second-order valence-corrected chi connectivity index (χ2v) is 11.1. The lowest BCUT2D eigenvalue weighted by molar-refractivity contribution is 0.0929. The fraction of sp³-hybridized carbons (Fsp3) is 0.394. The molecule has 2 amide bonds. The van der Waals surface area contributed by atoms with Gasteiger partial charge >= 0.3 is 0 Å². The molecule has 2 fully saturated rings. The number of ether oxygens (including phenoxy) is 1. The zero-order valence-corrected chi connectivity index (χ0v) is 25.2. The van der Waals surface area contributed by atoms with Crippen molar-refractivity contribution < 1.29 is 14.3 Å². The number of amides is 2. The Morgan fingerprint density at radius 2 is 1.91 bits per heavy atom. The van der Waals surface area contributed by atoms with Gasteiger partial charge in [0.05, 0.1) is 18.7 Å². The molecular weight excluding hydrogens is 542 g/mol. The van der Waals surface area contributed by atoms with Crippen molar-refractivity contribution in [1.82, 2.24) is 25.9 Å². The van der Waals surface area contributed by atoms with Crippen LogP contribution in [0.2, 0.25) is 0 Å². The van der Waals surface area contributed by atoms with Crippen LogP contribution < -0.4 is 30.5 Å². The number of hydrogen-bond acceptors (Lipinski definition) is 8. The third kappa shape index (κ3) is 6.97. The molecule has 2 aromatic heterocycles. The van der Waals surface area contributed by atoms with E-state index in [9.17, 15) is 9.59 Å². The van der Waals surface area contributed by atoms with E-state index in [1.807, 2.05) is 61.3 Å². The normalized spacial score (nSPS) is 18.9. The number of benzene rings is 1. The number of rotatable bonds is 10. The number of nitrogens with zero attached hydrogens (tertiary/aromatic N) is 4. The molecule has 1 saturated heterocycles. The van der Waals surface area contributed by atoms with Crippen molar-refractivity contribution in [2.24, 2.45) is 0 Å². The molecule has 3 atom stereocenters. The average Bonchev–Trinajstić information content (AvgIpc) is 3.50. The molecule has 1 aliphatic carbocycles. The Balaban J connectivity index is 1.15. The summed E-state index contributed by atoms with van der Waals surface area (Å²) < 4.78 is 5.37. The van der Waals surface area contributed by atoms with Crippen LogP contribution in [0.5, 0.6) is 5.75 Å². The zero-order valence-electron chi connectivity index (χ0n) is 25.2. The molecule has 3 unspecified atom stereocenters. The predicted molar refractivity (Wildman–Crippen MR) is 169 cm³/mol. The molecule has 0 spiro atoms. The Hall–Kier alpha value is -4.44. The average molecular weight is 584 g/mol. The van der Waals surface area contributed by atoms with Gasteiger partial charge in [0.25, 0.3) is 11.8 Å². The number of pyridine rings is 2. The summed E-state index contributed by atoms with van der Waals surface area (Å²) >= 11 is 0. The van der Waals surface area contributed by atoms with E-state index < -0.39 is 0 Å². The highest BCUT2D eigenvalue weighted by Gasteiger charge is 2.31. The van der Waals surface area contributed by atoms with Gasteiger partial charge in [-0.25, -0.2) is 9.97 Å². The molecule has 0 bridgehead atoms. The molecule has 10 heteroatoms. The van der Waals surface area contributed by atoms with Gasteiger partial charge in [-0.1, -0.05) is 18.7 Å². The van der Waals surface area contributed by atoms with Gasteiger partial charge in [-0.2, -0.15) is 0 Å². The highest BCUT2D eigenvalue weighted by Crippen LogP contribution is 2.29. The number of piperazine rings is 1. The summed E-state index contributed by atoms with van der Waals surface area (Å²) in [6.45, 7) is 11.6. The van der Waals surface area contributed by atoms with Crippen molar-refractivity contribution in [3.63, 3.8) is 0 Å². The van der Waals surface area contributed by atoms with Gasteiger partial charge in [-0.15, -0.1) is 0 Å². The van der Waals surface area contributed by atoms with Gasteiger partial charge in [-0.05, 0) is 75.2 Å². The molecule has 1 aromatic carbocycles. The van der Waals surface area contributed by atoms with Gasteiger partial charge in [-0.3, -0.25) is 9.59 Å². The standard InChI is InChI=1S/C33H41N7O3/c1-5-40(27-12-11-26(19-27)38-33(42)28-7-6-8-29(43-4)22(28)2)31-14-10-25(21-36-31)32(41)37-23(3)24-9-13-30(35-20-24)39-17-15-34-16-18-39/h5-10,13-14,20-21,23,26-27,34H,1,11-12,15-19H2,2-4H3,(H,37,41)(H,38,42). The Bertz CT molecular complexity index is 1420. The van der Waals surface area contributed by atoms with Crippen LogP contribution in [-0.2, 0) is 0 Å². The summed E-state index contributed by atoms with van der Waals surface area (Å²) in [6, 6.07) is 13.1. The van der Waals surface area contributed by atoms with Crippen molar-refractivity contribution in [3.05, 3.63) is 89.9 Å². The maximum absolute atomic E-state index is 13.0. The number of hydrogen-bond donors (Lipinski definition) is 3. The zero-order chi connectivity index (χ0) is 30.3. The maximum Gasteiger partial charge on any atom is 0.253 e. The minimum atomic E-state index is -0.201. The molecule has 10 nitrogen and oxygen atoms in total. The van der Waals surface area contributed by atoms with Crippen LogP contribution in [-0.4, -0.2) is 67.2 Å². The number of methoxy groups -OCH3 is 1. The van der Waals surface area contributed by atoms with Crippen molar-refractivity contribution in [1.29, 1.82) is 0 Å². The number of aromatic nitrogens is 2. The summed E-state index contributed by atoms with van der Waals surface area (Å²) in [6.07, 6.45) is 7.70. The second kappa shape index (κ2) is 13.7. The molecule has 0 radical (unpaired) electrons. The molecule has 2 aliphatic rings. The van der Waals surface area contributed by atoms with Crippen molar-refractivity contribution >= 4 is 23.5 Å². The lowest BCUT2D eigenvalue weighted by Crippen LogP contribution is -2.43. The van der Waals surface area contributed by atoms with Crippen molar-refractivity contribution in [2.75, 3.05) is 43.1 Å². The monoisotopic (exact) mass is 583 g/mol. The smallest absolute Gasteiger partial charge is 0.253 e. The Labute approximate surface area is 253 Å². The molecule has 3 N–H and O–H groups in total. The highest BCUT2D eigenvalue weighted by atomic mass is 16.5. The number of carbonyl (C=O) groups excluding carboxylic acids is 2. The van der Waals surface area contributed by atoms with Crippen LogP contribution in [0, 0.1) is 6.92 Å². The Morgan fingerprint density at radius 3 is 2.58 bits per heavy atom.